The Morgan fingerprint density at radius 2 is 1.89 bits per heavy atom. The maximum Gasteiger partial charge on any atom is 0.227 e. The highest BCUT2D eigenvalue weighted by Crippen LogP contribution is 2.45. The van der Waals surface area contributed by atoms with E-state index in [0.29, 0.717) is 33.9 Å². The van der Waals surface area contributed by atoms with Crippen molar-refractivity contribution in [3.8, 4) is 5.75 Å². The molecular weight excluding hydrogens is 484 g/mol. The lowest BCUT2D eigenvalue weighted by Gasteiger charge is -2.38. The number of thioether (sulfide) groups is 1. The molecule has 1 aliphatic heterocycles. The SMILES string of the molecule is COc1ccc(C(=O)CSc2nc3n(n2)C(c2ccc(Cl)cc2)C2=C(CC(C)(C)CC2=O)N3)cc1. The Kier molecular flexibility index (Phi) is 6.19. The van der Waals surface area contributed by atoms with E-state index in [4.69, 9.17) is 21.4 Å². The third kappa shape index (κ3) is 4.73. The van der Waals surface area contributed by atoms with E-state index in [1.165, 1.54) is 11.8 Å². The van der Waals surface area contributed by atoms with Gasteiger partial charge in [-0.25, -0.2) is 4.68 Å². The molecule has 0 saturated heterocycles. The second kappa shape index (κ2) is 9.17. The molecule has 0 saturated carbocycles. The highest BCUT2D eigenvalue weighted by Gasteiger charge is 2.41. The van der Waals surface area contributed by atoms with Crippen LogP contribution < -0.4 is 10.1 Å². The highest BCUT2D eigenvalue weighted by atomic mass is 35.5. The normalized spacial score (nSPS) is 18.5. The smallest absolute Gasteiger partial charge is 0.227 e. The van der Waals surface area contributed by atoms with E-state index in [9.17, 15) is 9.59 Å². The molecule has 180 valence electrons. The van der Waals surface area contributed by atoms with Crippen molar-refractivity contribution in [3.05, 3.63) is 76.0 Å². The number of carbonyl (C=O) groups excluding carboxylic acids is 2. The summed E-state index contributed by atoms with van der Waals surface area (Å²) >= 11 is 7.40. The maximum atomic E-state index is 13.3. The molecular formula is C26H25ClN4O3S. The Morgan fingerprint density at radius 3 is 2.57 bits per heavy atom. The van der Waals surface area contributed by atoms with Crippen molar-refractivity contribution in [2.24, 2.45) is 5.41 Å². The molecule has 2 aromatic carbocycles. The summed E-state index contributed by atoms with van der Waals surface area (Å²) in [6, 6.07) is 14.1. The fourth-order valence-electron chi connectivity index (χ4n) is 4.59. The molecule has 1 aliphatic carbocycles. The molecule has 1 atom stereocenters. The van der Waals surface area contributed by atoms with Crippen molar-refractivity contribution in [2.75, 3.05) is 18.2 Å². The summed E-state index contributed by atoms with van der Waals surface area (Å²) in [6.07, 6.45) is 1.21. The lowest BCUT2D eigenvalue weighted by atomic mass is 9.73. The summed E-state index contributed by atoms with van der Waals surface area (Å²) in [5.41, 5.74) is 2.97. The molecule has 9 heteroatoms. The fourth-order valence-corrected chi connectivity index (χ4v) is 5.44. The molecule has 1 unspecified atom stereocenters. The number of ketones is 2. The van der Waals surface area contributed by atoms with Crippen LogP contribution in [0.3, 0.4) is 0 Å². The molecule has 7 nitrogen and oxygen atoms in total. The summed E-state index contributed by atoms with van der Waals surface area (Å²) in [7, 11) is 1.59. The van der Waals surface area contributed by atoms with Gasteiger partial charge in [-0.05, 0) is 53.8 Å². The van der Waals surface area contributed by atoms with Gasteiger partial charge in [-0.2, -0.15) is 4.98 Å². The van der Waals surface area contributed by atoms with Gasteiger partial charge in [0.1, 0.15) is 11.8 Å². The number of allylic oxidation sites excluding steroid dienone is 2. The molecule has 5 rings (SSSR count). The molecule has 2 heterocycles. The van der Waals surface area contributed by atoms with E-state index < -0.39 is 6.04 Å². The summed E-state index contributed by atoms with van der Waals surface area (Å²) in [5.74, 6) is 1.54. The van der Waals surface area contributed by atoms with Gasteiger partial charge in [0, 0.05) is 28.3 Å². The van der Waals surface area contributed by atoms with Crippen LogP contribution in [0.1, 0.15) is 48.7 Å². The van der Waals surface area contributed by atoms with Gasteiger partial charge < -0.3 is 10.1 Å². The van der Waals surface area contributed by atoms with Crippen molar-refractivity contribution < 1.29 is 14.3 Å². The summed E-state index contributed by atoms with van der Waals surface area (Å²) in [4.78, 5) is 30.6. The number of aromatic nitrogens is 3. The quantitative estimate of drug-likeness (QED) is 0.344. The minimum atomic E-state index is -0.402. The van der Waals surface area contributed by atoms with Crippen LogP contribution in [-0.4, -0.2) is 39.2 Å². The molecule has 0 amide bonds. The van der Waals surface area contributed by atoms with Gasteiger partial charge in [-0.1, -0.05) is 49.3 Å². The minimum absolute atomic E-state index is 0.0259. The van der Waals surface area contributed by atoms with E-state index in [2.05, 4.69) is 24.1 Å². The van der Waals surface area contributed by atoms with Crippen LogP contribution >= 0.6 is 23.4 Å². The van der Waals surface area contributed by atoms with Crippen LogP contribution in [0.15, 0.2) is 65.0 Å². The van der Waals surface area contributed by atoms with E-state index in [1.54, 1.807) is 36.1 Å². The van der Waals surface area contributed by atoms with E-state index in [0.717, 1.165) is 23.3 Å². The second-order valence-corrected chi connectivity index (χ2v) is 10.9. The van der Waals surface area contributed by atoms with Crippen molar-refractivity contribution in [1.29, 1.82) is 0 Å². The Balaban J connectivity index is 1.44. The van der Waals surface area contributed by atoms with E-state index in [-0.39, 0.29) is 22.7 Å². The summed E-state index contributed by atoms with van der Waals surface area (Å²) in [5, 5.41) is 9.16. The molecule has 1 aromatic heterocycles. The standard InChI is InChI=1S/C26H25ClN4O3S/c1-26(2)12-19-22(20(32)13-26)23(16-4-8-17(27)9-5-16)31-24(28-19)29-25(30-31)35-14-21(33)15-6-10-18(34-3)11-7-15/h4-11,23H,12-14H2,1-3H3,(H,28,29,30). The average Bonchev–Trinajstić information content (AvgIpc) is 3.23. The van der Waals surface area contributed by atoms with Crippen molar-refractivity contribution in [1.82, 2.24) is 14.8 Å². The lowest BCUT2D eigenvalue weighted by molar-refractivity contribution is -0.118. The van der Waals surface area contributed by atoms with Crippen LogP contribution in [-0.2, 0) is 4.79 Å². The zero-order valence-corrected chi connectivity index (χ0v) is 21.2. The van der Waals surface area contributed by atoms with Gasteiger partial charge in [-0.15, -0.1) is 5.10 Å². The molecule has 1 N–H and O–H groups in total. The molecule has 0 radical (unpaired) electrons. The maximum absolute atomic E-state index is 13.3. The van der Waals surface area contributed by atoms with Gasteiger partial charge in [-0.3, -0.25) is 9.59 Å². The summed E-state index contributed by atoms with van der Waals surface area (Å²) in [6.45, 7) is 4.19. The number of nitrogens with zero attached hydrogens (tertiary/aromatic N) is 3. The fraction of sp³-hybridized carbons (Fsp3) is 0.308. The second-order valence-electron chi connectivity index (χ2n) is 9.52. The van der Waals surface area contributed by atoms with E-state index in [1.807, 2.05) is 24.3 Å². The van der Waals surface area contributed by atoms with Crippen molar-refractivity contribution >= 4 is 40.9 Å². The lowest BCUT2D eigenvalue weighted by Crippen LogP contribution is -2.36. The number of halogens is 1. The number of nitrogens with one attached hydrogen (secondary N) is 1. The van der Waals surface area contributed by atoms with Crippen molar-refractivity contribution in [3.63, 3.8) is 0 Å². The average molecular weight is 509 g/mol. The summed E-state index contributed by atoms with van der Waals surface area (Å²) < 4.78 is 6.91. The Hall–Kier alpha value is -3.10. The number of hydrogen-bond acceptors (Lipinski definition) is 7. The predicted octanol–water partition coefficient (Wildman–Crippen LogP) is 5.57. The Morgan fingerprint density at radius 1 is 1.17 bits per heavy atom. The van der Waals surface area contributed by atoms with Gasteiger partial charge in [0.15, 0.2) is 11.6 Å². The van der Waals surface area contributed by atoms with Crippen LogP contribution in [0.25, 0.3) is 0 Å². The van der Waals surface area contributed by atoms with Crippen LogP contribution in [0, 0.1) is 5.41 Å². The first-order chi connectivity index (χ1) is 16.7. The first kappa shape index (κ1) is 23.6. The van der Waals surface area contributed by atoms with Gasteiger partial charge in [0.25, 0.3) is 0 Å². The number of hydrogen-bond donors (Lipinski definition) is 1. The molecule has 35 heavy (non-hydrogen) atoms. The predicted molar refractivity (Wildman–Crippen MR) is 136 cm³/mol. The largest absolute Gasteiger partial charge is 0.497 e. The molecule has 2 aliphatic rings. The molecule has 0 spiro atoms. The highest BCUT2D eigenvalue weighted by molar-refractivity contribution is 7.99. The molecule has 3 aromatic rings. The van der Waals surface area contributed by atoms with Crippen LogP contribution in [0.2, 0.25) is 5.02 Å². The zero-order chi connectivity index (χ0) is 24.7. The number of benzene rings is 2. The number of Topliss-reactive ketones (excluding diaryl/α,β-unsaturated/α-hetero) is 2. The zero-order valence-electron chi connectivity index (χ0n) is 19.7. The van der Waals surface area contributed by atoms with E-state index >= 15 is 0 Å². The van der Waals surface area contributed by atoms with Gasteiger partial charge in [0.2, 0.25) is 11.1 Å². The number of methoxy groups -OCH3 is 1. The number of carbonyl (C=O) groups is 2. The number of ether oxygens (including phenoxy) is 1. The Bertz CT molecular complexity index is 1330. The first-order valence-corrected chi connectivity index (χ1v) is 12.7. The molecule has 0 bridgehead atoms. The number of anilines is 1. The first-order valence-electron chi connectivity index (χ1n) is 11.3. The van der Waals surface area contributed by atoms with Gasteiger partial charge >= 0.3 is 0 Å². The number of rotatable bonds is 6. The van der Waals surface area contributed by atoms with Gasteiger partial charge in [0.05, 0.1) is 12.9 Å². The Labute approximate surface area is 212 Å². The minimum Gasteiger partial charge on any atom is -0.497 e. The molecule has 0 fully saturated rings. The topological polar surface area (TPSA) is 86.1 Å². The third-order valence-corrected chi connectivity index (χ3v) is 7.33. The van der Waals surface area contributed by atoms with Crippen LogP contribution in [0.4, 0.5) is 5.95 Å². The third-order valence-electron chi connectivity index (χ3n) is 6.24. The monoisotopic (exact) mass is 508 g/mol. The van der Waals surface area contributed by atoms with Crippen molar-refractivity contribution in [2.45, 2.75) is 37.9 Å². The van der Waals surface area contributed by atoms with Crippen LogP contribution in [0.5, 0.6) is 5.75 Å². The number of fused-ring (bicyclic) bond motifs is 1.